The van der Waals surface area contributed by atoms with Gasteiger partial charge in [0.25, 0.3) is 0 Å². The molecule has 0 saturated carbocycles. The van der Waals surface area contributed by atoms with Crippen molar-refractivity contribution >= 4 is 6.40 Å². The minimum Gasteiger partial charge on any atom is -0.460 e. The maximum Gasteiger partial charge on any atom is 0.195 e. The predicted octanol–water partition coefficient (Wildman–Crippen LogP) is 0.0110. The zero-order valence-corrected chi connectivity index (χ0v) is 3.29. The Labute approximate surface area is 36.2 Å². The van der Waals surface area contributed by atoms with Crippen LogP contribution in [0.3, 0.4) is 0 Å². The van der Waals surface area contributed by atoms with E-state index in [2.05, 4.69) is 16.9 Å². The van der Waals surface area contributed by atoms with E-state index in [9.17, 15) is 0 Å². The van der Waals surface area contributed by atoms with Crippen LogP contribution < -0.4 is 0 Å². The molecule has 6 heavy (non-hydrogen) atoms. The lowest BCUT2D eigenvalue weighted by Crippen LogP contribution is -2.02. The quantitative estimate of drug-likeness (QED) is 0.414. The highest BCUT2D eigenvalue weighted by molar-refractivity contribution is 5.47. The van der Waals surface area contributed by atoms with Crippen molar-refractivity contribution in [3.05, 3.63) is 7.05 Å². The molecule has 0 aromatic carbocycles. The zero-order valence-electron chi connectivity index (χ0n) is 3.29. The zero-order chi connectivity index (χ0) is 4.41. The van der Waals surface area contributed by atoms with Crippen molar-refractivity contribution in [1.29, 1.82) is 0 Å². The van der Waals surface area contributed by atoms with Crippen molar-refractivity contribution in [2.75, 3.05) is 6.73 Å². The fourth-order valence-corrected chi connectivity index (χ4v) is 0.253. The van der Waals surface area contributed by atoms with Crippen LogP contribution in [0.4, 0.5) is 0 Å². The van der Waals surface area contributed by atoms with Crippen LogP contribution in [0.15, 0.2) is 5.10 Å². The second-order valence-corrected chi connectivity index (χ2v) is 1.02. The van der Waals surface area contributed by atoms with Crippen LogP contribution in [-0.4, -0.2) is 18.1 Å². The molecule has 0 atom stereocenters. The Morgan fingerprint density at radius 3 is 3.00 bits per heavy atom. The summed E-state index contributed by atoms with van der Waals surface area (Å²) in [5.41, 5.74) is 0. The molecule has 0 unspecified atom stereocenters. The molecule has 0 bridgehead atoms. The molecule has 33 valence electrons. The van der Waals surface area contributed by atoms with Crippen LogP contribution in [0.1, 0.15) is 0 Å². The normalized spacial score (nSPS) is 18.5. The van der Waals surface area contributed by atoms with E-state index in [0.29, 0.717) is 6.73 Å². The van der Waals surface area contributed by atoms with E-state index in [-0.39, 0.29) is 0 Å². The molecule has 3 nitrogen and oxygen atoms in total. The Morgan fingerprint density at radius 1 is 2.00 bits per heavy atom. The van der Waals surface area contributed by atoms with Gasteiger partial charge in [-0.15, -0.1) is 5.10 Å². The molecule has 1 aliphatic heterocycles. The lowest BCUT2D eigenvalue weighted by molar-refractivity contribution is 0.220. The van der Waals surface area contributed by atoms with E-state index < -0.39 is 0 Å². The number of ether oxygens (including phenoxy) is 1. The average Bonchev–Trinajstić information content (AvgIpc) is 1.86. The van der Waals surface area contributed by atoms with Crippen LogP contribution in [0, 0.1) is 7.05 Å². The number of rotatable bonds is 0. The molecule has 1 radical (unpaired) electrons. The number of nitrogens with zero attached hydrogens (tertiary/aromatic N) is 2. The van der Waals surface area contributed by atoms with Crippen LogP contribution >= 0.6 is 0 Å². The van der Waals surface area contributed by atoms with Gasteiger partial charge in [-0.05, 0) is 0 Å². The summed E-state index contributed by atoms with van der Waals surface area (Å²) in [6, 6.07) is 0. The molecule has 0 amide bonds. The molecule has 1 rings (SSSR count). The van der Waals surface area contributed by atoms with Crippen molar-refractivity contribution < 1.29 is 4.74 Å². The van der Waals surface area contributed by atoms with Crippen molar-refractivity contribution in [3.63, 3.8) is 0 Å². The molecule has 0 spiro atoms. The summed E-state index contributed by atoms with van der Waals surface area (Å²) in [7, 11) is 3.45. The summed E-state index contributed by atoms with van der Waals surface area (Å²) >= 11 is 0. The van der Waals surface area contributed by atoms with Crippen LogP contribution in [0.25, 0.3) is 0 Å². The highest BCUT2D eigenvalue weighted by Crippen LogP contribution is 1.90. The predicted molar refractivity (Wildman–Crippen MR) is 21.6 cm³/mol. The molecule has 1 aliphatic rings. The third kappa shape index (κ3) is 0.429. The highest BCUT2D eigenvalue weighted by Gasteiger charge is 1.94. The minimum atomic E-state index is 0.486. The van der Waals surface area contributed by atoms with E-state index in [0.717, 1.165) is 0 Å². The molecule has 3 heteroatoms. The van der Waals surface area contributed by atoms with Gasteiger partial charge in [0.15, 0.2) is 13.1 Å². The summed E-state index contributed by atoms with van der Waals surface area (Å²) in [6.07, 6.45) is 1.37. The lowest BCUT2D eigenvalue weighted by atomic mass is 11.1. The Morgan fingerprint density at radius 2 is 2.83 bits per heavy atom. The first kappa shape index (κ1) is 3.46. The van der Waals surface area contributed by atoms with Gasteiger partial charge in [-0.25, -0.2) is 0 Å². The van der Waals surface area contributed by atoms with Crippen molar-refractivity contribution in [3.8, 4) is 0 Å². The topological polar surface area (TPSA) is 24.8 Å². The van der Waals surface area contributed by atoms with E-state index in [4.69, 9.17) is 0 Å². The summed E-state index contributed by atoms with van der Waals surface area (Å²) in [4.78, 5) is 0. The van der Waals surface area contributed by atoms with E-state index in [1.165, 1.54) is 11.4 Å². The third-order valence-corrected chi connectivity index (χ3v) is 0.509. The second kappa shape index (κ2) is 1.16. The Bertz CT molecular complexity index is 71.2. The van der Waals surface area contributed by atoms with E-state index in [1.54, 1.807) is 0 Å². The van der Waals surface area contributed by atoms with Crippen LogP contribution in [0.5, 0.6) is 0 Å². The number of hydrogen-bond donors (Lipinski definition) is 0. The minimum absolute atomic E-state index is 0.486. The van der Waals surface area contributed by atoms with E-state index >= 15 is 0 Å². The van der Waals surface area contributed by atoms with Gasteiger partial charge in [0, 0.05) is 0 Å². The summed E-state index contributed by atoms with van der Waals surface area (Å²) in [5.74, 6) is 0. The molecule has 0 saturated heterocycles. The second-order valence-electron chi connectivity index (χ2n) is 1.02. The van der Waals surface area contributed by atoms with Crippen LogP contribution in [-0.2, 0) is 4.74 Å². The molecule has 0 aromatic rings. The molecule has 0 aromatic heterocycles. The SMILES string of the molecule is [CH2]N1COC=N1. The summed E-state index contributed by atoms with van der Waals surface area (Å²) in [5, 5.41) is 5.07. The molecular formula is C3H5N2O. The lowest BCUT2D eigenvalue weighted by Gasteiger charge is -1.97. The van der Waals surface area contributed by atoms with E-state index in [1.807, 2.05) is 0 Å². The van der Waals surface area contributed by atoms with Gasteiger partial charge in [-0.2, -0.15) is 0 Å². The fourth-order valence-electron chi connectivity index (χ4n) is 0.253. The highest BCUT2D eigenvalue weighted by atomic mass is 16.5. The van der Waals surface area contributed by atoms with Crippen molar-refractivity contribution in [2.45, 2.75) is 0 Å². The average molecular weight is 85.1 g/mol. The van der Waals surface area contributed by atoms with Gasteiger partial charge in [0.1, 0.15) is 0 Å². The molecule has 0 aliphatic carbocycles. The Balaban J connectivity index is 2.38. The number of hydrogen-bond acceptors (Lipinski definition) is 3. The summed E-state index contributed by atoms with van der Waals surface area (Å²) < 4.78 is 4.63. The van der Waals surface area contributed by atoms with Crippen molar-refractivity contribution in [1.82, 2.24) is 5.01 Å². The van der Waals surface area contributed by atoms with Gasteiger partial charge in [0.2, 0.25) is 0 Å². The Kier molecular flexibility index (Phi) is 0.670. The fraction of sp³-hybridized carbons (Fsp3) is 0.333. The van der Waals surface area contributed by atoms with Gasteiger partial charge in [-0.3, -0.25) is 5.01 Å². The first-order chi connectivity index (χ1) is 2.89. The van der Waals surface area contributed by atoms with Crippen LogP contribution in [0.2, 0.25) is 0 Å². The first-order valence-electron chi connectivity index (χ1n) is 1.62. The van der Waals surface area contributed by atoms with Gasteiger partial charge in [0.05, 0.1) is 7.05 Å². The number of hydrazone groups is 1. The monoisotopic (exact) mass is 85.0 g/mol. The largest absolute Gasteiger partial charge is 0.460 e. The molecule has 0 fully saturated rings. The summed E-state index contributed by atoms with van der Waals surface area (Å²) in [6.45, 7) is 0.486. The standard InChI is InChI=1S/C3H5N2O/c1-5-3-6-2-4-5/h2H,1,3H2. The maximum atomic E-state index is 4.63. The molecular weight excluding hydrogens is 80.0 g/mol. The Hall–Kier alpha value is -0.730. The van der Waals surface area contributed by atoms with Gasteiger partial charge >= 0.3 is 0 Å². The molecule has 0 N–H and O–H groups in total. The maximum absolute atomic E-state index is 4.63. The molecule has 1 heterocycles. The smallest absolute Gasteiger partial charge is 0.195 e. The first-order valence-corrected chi connectivity index (χ1v) is 1.62. The van der Waals surface area contributed by atoms with Crippen molar-refractivity contribution in [2.24, 2.45) is 5.10 Å². The van der Waals surface area contributed by atoms with Gasteiger partial charge < -0.3 is 4.74 Å². The third-order valence-electron chi connectivity index (χ3n) is 0.509. The van der Waals surface area contributed by atoms with Gasteiger partial charge in [-0.1, -0.05) is 0 Å².